The highest BCUT2D eigenvalue weighted by Crippen LogP contribution is 2.33. The van der Waals surface area contributed by atoms with Crippen LogP contribution in [0.4, 0.5) is 27.7 Å². The number of likely N-dealkylation sites (tertiary alicyclic amines) is 1. The minimum absolute atomic E-state index is 0.0503. The first-order chi connectivity index (χ1) is 16.6. The van der Waals surface area contributed by atoms with Crippen LogP contribution < -0.4 is 15.8 Å². The Morgan fingerprint density at radius 3 is 2.54 bits per heavy atom. The molecule has 0 saturated carbocycles. The SMILES string of the molecule is Cc1cc(Nc2nc(Nc3cc(C)c(C4CCN(CCS(N)(=O)=O)CC4)cc3F)ncc2C)n[nH]1. The van der Waals surface area contributed by atoms with Gasteiger partial charge in [-0.05, 0) is 75.9 Å². The predicted octanol–water partition coefficient (Wildman–Crippen LogP) is 3.22. The van der Waals surface area contributed by atoms with Gasteiger partial charge in [0, 0.05) is 30.1 Å². The Balaban J connectivity index is 1.43. The molecule has 1 aliphatic rings. The number of piperidine rings is 1. The van der Waals surface area contributed by atoms with Gasteiger partial charge in [-0.25, -0.2) is 22.9 Å². The van der Waals surface area contributed by atoms with Gasteiger partial charge < -0.3 is 15.5 Å². The van der Waals surface area contributed by atoms with Gasteiger partial charge in [-0.1, -0.05) is 0 Å². The fourth-order valence-electron chi connectivity index (χ4n) is 4.31. The van der Waals surface area contributed by atoms with Crippen molar-refractivity contribution < 1.29 is 12.8 Å². The lowest BCUT2D eigenvalue weighted by atomic mass is 9.86. The van der Waals surface area contributed by atoms with Crippen molar-refractivity contribution in [2.24, 2.45) is 5.14 Å². The second-order valence-electron chi connectivity index (χ2n) is 9.08. The van der Waals surface area contributed by atoms with Gasteiger partial charge in [0.25, 0.3) is 0 Å². The van der Waals surface area contributed by atoms with Crippen molar-refractivity contribution >= 4 is 33.3 Å². The molecule has 0 radical (unpaired) electrons. The number of benzene rings is 1. The van der Waals surface area contributed by atoms with Gasteiger partial charge in [-0.3, -0.25) is 5.10 Å². The number of anilines is 4. The molecule has 0 amide bonds. The molecule has 0 atom stereocenters. The molecular formula is C23H31FN8O2S. The Morgan fingerprint density at radius 2 is 1.89 bits per heavy atom. The number of hydrogen-bond acceptors (Lipinski definition) is 8. The molecule has 4 rings (SSSR count). The third-order valence-corrected chi connectivity index (χ3v) is 7.00. The molecule has 3 aromatic rings. The van der Waals surface area contributed by atoms with E-state index in [1.54, 1.807) is 18.3 Å². The summed E-state index contributed by atoms with van der Waals surface area (Å²) in [5.74, 6) is 1.29. The van der Waals surface area contributed by atoms with Crippen LogP contribution >= 0.6 is 0 Å². The van der Waals surface area contributed by atoms with E-state index in [1.165, 1.54) is 0 Å². The van der Waals surface area contributed by atoms with Gasteiger partial charge in [0.1, 0.15) is 11.6 Å². The van der Waals surface area contributed by atoms with Gasteiger partial charge in [-0.15, -0.1) is 0 Å². The molecule has 12 heteroatoms. The molecule has 0 unspecified atom stereocenters. The third-order valence-electron chi connectivity index (χ3n) is 6.25. The number of sulfonamides is 1. The van der Waals surface area contributed by atoms with Gasteiger partial charge >= 0.3 is 0 Å². The number of hydrogen-bond donors (Lipinski definition) is 4. The lowest BCUT2D eigenvalue weighted by Crippen LogP contribution is -2.37. The summed E-state index contributed by atoms with van der Waals surface area (Å²) in [4.78, 5) is 10.9. The van der Waals surface area contributed by atoms with Crippen molar-refractivity contribution in [2.75, 3.05) is 36.0 Å². The topological polar surface area (TPSA) is 142 Å². The lowest BCUT2D eigenvalue weighted by molar-refractivity contribution is 0.223. The Hall–Kier alpha value is -3.09. The molecule has 2 aromatic heterocycles. The van der Waals surface area contributed by atoms with Crippen LogP contribution in [0.15, 0.2) is 24.4 Å². The molecule has 0 aliphatic carbocycles. The van der Waals surface area contributed by atoms with Crippen LogP contribution in [-0.4, -0.2) is 58.9 Å². The van der Waals surface area contributed by atoms with Crippen molar-refractivity contribution in [3.05, 3.63) is 52.6 Å². The molecule has 1 aliphatic heterocycles. The summed E-state index contributed by atoms with van der Waals surface area (Å²) in [7, 11) is -3.47. The molecule has 10 nitrogen and oxygen atoms in total. The van der Waals surface area contributed by atoms with Crippen LogP contribution in [0.5, 0.6) is 0 Å². The van der Waals surface area contributed by atoms with Crippen molar-refractivity contribution in [1.82, 2.24) is 25.1 Å². The maximum atomic E-state index is 15.1. The lowest BCUT2D eigenvalue weighted by Gasteiger charge is -2.32. The summed E-state index contributed by atoms with van der Waals surface area (Å²) in [6, 6.07) is 5.23. The smallest absolute Gasteiger partial charge is 0.229 e. The molecule has 1 aromatic carbocycles. The summed E-state index contributed by atoms with van der Waals surface area (Å²) in [5.41, 5.74) is 4.01. The number of nitrogens with two attached hydrogens (primary N) is 1. The molecule has 35 heavy (non-hydrogen) atoms. The Bertz CT molecular complexity index is 1300. The Labute approximate surface area is 204 Å². The number of nitrogens with one attached hydrogen (secondary N) is 3. The number of primary sulfonamides is 1. The zero-order valence-electron chi connectivity index (χ0n) is 20.1. The highest BCUT2D eigenvalue weighted by atomic mass is 32.2. The average molecular weight is 503 g/mol. The second-order valence-corrected chi connectivity index (χ2v) is 10.8. The molecule has 5 N–H and O–H groups in total. The van der Waals surface area contributed by atoms with E-state index in [9.17, 15) is 8.42 Å². The molecule has 1 fully saturated rings. The number of rotatable bonds is 8. The van der Waals surface area contributed by atoms with E-state index in [-0.39, 0.29) is 23.4 Å². The quantitative estimate of drug-likeness (QED) is 0.368. The summed E-state index contributed by atoms with van der Waals surface area (Å²) in [5, 5.41) is 18.3. The van der Waals surface area contributed by atoms with Gasteiger partial charge in [0.05, 0.1) is 11.4 Å². The first kappa shape index (κ1) is 25.0. The van der Waals surface area contributed by atoms with Crippen molar-refractivity contribution in [3.63, 3.8) is 0 Å². The van der Waals surface area contributed by atoms with E-state index >= 15 is 4.39 Å². The summed E-state index contributed by atoms with van der Waals surface area (Å²) in [6.07, 6.45) is 3.33. The number of halogens is 1. The first-order valence-corrected chi connectivity index (χ1v) is 13.2. The number of aromatic amines is 1. The molecular weight excluding hydrogens is 471 g/mol. The van der Waals surface area contributed by atoms with Gasteiger partial charge in [0.2, 0.25) is 16.0 Å². The molecule has 0 spiro atoms. The molecule has 3 heterocycles. The average Bonchev–Trinajstić information content (AvgIpc) is 3.21. The van der Waals surface area contributed by atoms with Crippen molar-refractivity contribution in [2.45, 2.75) is 39.5 Å². The number of nitrogens with zero attached hydrogens (tertiary/aromatic N) is 4. The van der Waals surface area contributed by atoms with E-state index in [0.717, 1.165) is 48.3 Å². The van der Waals surface area contributed by atoms with Crippen molar-refractivity contribution in [1.29, 1.82) is 0 Å². The predicted molar refractivity (Wildman–Crippen MR) is 134 cm³/mol. The number of H-pyrrole nitrogens is 1. The fourth-order valence-corrected chi connectivity index (χ4v) is 4.82. The van der Waals surface area contributed by atoms with Crippen LogP contribution in [0.1, 0.15) is 41.1 Å². The standard InChI is InChI=1S/C23H31FN8O2S/c1-14-10-20(27-23-26-13-15(2)22(29-23)28-21-11-16(3)30-31-21)19(24)12-18(14)17-4-6-32(7-5-17)8-9-35(25,33)34/h10-13,17H,4-9H2,1-3H3,(H2,25,33,34)(H3,26,27,28,29,30,31). The summed E-state index contributed by atoms with van der Waals surface area (Å²) >= 11 is 0. The van der Waals surface area contributed by atoms with Gasteiger partial charge in [-0.2, -0.15) is 10.1 Å². The van der Waals surface area contributed by atoms with E-state index in [1.807, 2.05) is 26.8 Å². The highest BCUT2D eigenvalue weighted by molar-refractivity contribution is 7.89. The minimum Gasteiger partial charge on any atom is -0.323 e. The molecule has 188 valence electrons. The minimum atomic E-state index is -3.47. The van der Waals surface area contributed by atoms with E-state index in [4.69, 9.17) is 5.14 Å². The Morgan fingerprint density at radius 1 is 1.14 bits per heavy atom. The van der Waals surface area contributed by atoms with E-state index < -0.39 is 10.0 Å². The van der Waals surface area contributed by atoms with E-state index in [2.05, 4.69) is 35.7 Å². The first-order valence-electron chi connectivity index (χ1n) is 11.5. The summed E-state index contributed by atoms with van der Waals surface area (Å²) < 4.78 is 37.5. The summed E-state index contributed by atoms with van der Waals surface area (Å²) in [6.45, 7) is 7.69. The van der Waals surface area contributed by atoms with E-state index in [0.29, 0.717) is 23.9 Å². The maximum absolute atomic E-state index is 15.1. The van der Waals surface area contributed by atoms with Crippen LogP contribution in [0.3, 0.4) is 0 Å². The normalized spacial score (nSPS) is 15.3. The Kier molecular flexibility index (Phi) is 7.33. The van der Waals surface area contributed by atoms with Gasteiger partial charge in [0.15, 0.2) is 5.82 Å². The number of aromatic nitrogens is 4. The maximum Gasteiger partial charge on any atom is 0.229 e. The largest absolute Gasteiger partial charge is 0.323 e. The number of aryl methyl sites for hydroxylation is 3. The zero-order chi connectivity index (χ0) is 25.2. The van der Waals surface area contributed by atoms with Crippen LogP contribution in [-0.2, 0) is 10.0 Å². The fraction of sp³-hybridized carbons (Fsp3) is 0.435. The third kappa shape index (κ3) is 6.53. The second kappa shape index (κ2) is 10.3. The zero-order valence-corrected chi connectivity index (χ0v) is 20.9. The molecule has 1 saturated heterocycles. The van der Waals surface area contributed by atoms with Crippen LogP contribution in [0.2, 0.25) is 0 Å². The molecule has 0 bridgehead atoms. The monoisotopic (exact) mass is 502 g/mol. The highest BCUT2D eigenvalue weighted by Gasteiger charge is 2.24. The van der Waals surface area contributed by atoms with Crippen molar-refractivity contribution in [3.8, 4) is 0 Å². The van der Waals surface area contributed by atoms with Crippen LogP contribution in [0.25, 0.3) is 0 Å². The van der Waals surface area contributed by atoms with Crippen LogP contribution in [0, 0.1) is 26.6 Å².